The molecule has 10 N–H and O–H groups in total. The Hall–Kier alpha value is -6.50. The molecule has 15 nitrogen and oxygen atoms in total. The average molecular weight is 1020 g/mol. The number of amides is 1. The highest BCUT2D eigenvalue weighted by atomic mass is 35.5. The second-order valence-corrected chi connectivity index (χ2v) is 19.3. The molecule has 71 heavy (non-hydrogen) atoms. The Bertz CT molecular complexity index is 2750. The fourth-order valence-corrected chi connectivity index (χ4v) is 7.57. The van der Waals surface area contributed by atoms with Gasteiger partial charge in [0.05, 0.1) is 24.0 Å². The third-order valence-corrected chi connectivity index (χ3v) is 12.2. The predicted octanol–water partition coefficient (Wildman–Crippen LogP) is 9.53. The Morgan fingerprint density at radius 2 is 1.04 bits per heavy atom. The minimum atomic E-state index is -1.45. The molecule has 0 aliphatic carbocycles. The zero-order valence-electron chi connectivity index (χ0n) is 40.1. The van der Waals surface area contributed by atoms with Gasteiger partial charge in [-0.15, -0.1) is 0 Å². The summed E-state index contributed by atoms with van der Waals surface area (Å²) in [5, 5.41) is 63.3. The highest BCUT2D eigenvalue weighted by Gasteiger charge is 2.37. The number of nitrogens with zero attached hydrogens (tertiary/aromatic N) is 2. The Morgan fingerprint density at radius 3 is 1.42 bits per heavy atom. The lowest BCUT2D eigenvalue weighted by molar-refractivity contribution is -0.152. The molecule has 4 aromatic carbocycles. The molecule has 0 spiro atoms. The van der Waals surface area contributed by atoms with Crippen LogP contribution in [-0.2, 0) is 22.4 Å². The van der Waals surface area contributed by atoms with Crippen molar-refractivity contribution >= 4 is 47.0 Å². The lowest BCUT2D eigenvalue weighted by Crippen LogP contribution is -2.44. The number of aromatic amines is 2. The van der Waals surface area contributed by atoms with Gasteiger partial charge in [-0.05, 0) is 122 Å². The zero-order chi connectivity index (χ0) is 52.8. The van der Waals surface area contributed by atoms with E-state index < -0.39 is 65.8 Å². The van der Waals surface area contributed by atoms with E-state index in [1.54, 1.807) is 60.7 Å². The summed E-state index contributed by atoms with van der Waals surface area (Å²) in [5.74, 6) is -3.97. The molecule has 6 rings (SSSR count). The quantitative estimate of drug-likeness (QED) is 0.0367. The summed E-state index contributed by atoms with van der Waals surface area (Å²) in [5.41, 5.74) is 9.10. The van der Waals surface area contributed by atoms with Gasteiger partial charge in [0, 0.05) is 44.6 Å². The number of carbonyl (C=O) groups is 4. The SMILES string of the molecule is CC(C)c1cc(C(=O)N[C@H](Cc2ccc(-c3cc(Cl)ccc3F)cc2)C[C@@](C)(CO)C(=O)O)n[nH]1.CC(C)c1cc(C(=O)O)n[nH]1.C[C@@](CO)(C[C@H](N)Cc1ccc(-c2cc(Cl)ccc2F)cc1)C(=O)O. The Balaban J connectivity index is 0.000000263. The van der Waals surface area contributed by atoms with Gasteiger partial charge in [-0.25, -0.2) is 13.6 Å². The summed E-state index contributed by atoms with van der Waals surface area (Å²) in [7, 11) is 0. The van der Waals surface area contributed by atoms with E-state index in [0.29, 0.717) is 45.1 Å². The molecule has 0 radical (unpaired) electrons. The topological polar surface area (TPSA) is 265 Å². The highest BCUT2D eigenvalue weighted by Crippen LogP contribution is 2.30. The number of benzene rings is 4. The van der Waals surface area contributed by atoms with E-state index >= 15 is 0 Å². The number of aliphatic hydroxyl groups is 2. The van der Waals surface area contributed by atoms with E-state index in [1.165, 1.54) is 38.1 Å². The van der Waals surface area contributed by atoms with Gasteiger partial charge in [-0.2, -0.15) is 10.2 Å². The summed E-state index contributed by atoms with van der Waals surface area (Å²) < 4.78 is 28.1. The minimum absolute atomic E-state index is 0.00327. The van der Waals surface area contributed by atoms with Crippen molar-refractivity contribution in [2.75, 3.05) is 13.2 Å². The molecule has 0 aliphatic heterocycles. The largest absolute Gasteiger partial charge is 0.481 e. The average Bonchev–Trinajstić information content (AvgIpc) is 4.04. The smallest absolute Gasteiger partial charge is 0.356 e. The summed E-state index contributed by atoms with van der Waals surface area (Å²) >= 11 is 11.9. The van der Waals surface area contributed by atoms with E-state index in [4.69, 9.17) is 34.0 Å². The molecule has 0 saturated heterocycles. The number of aliphatic carboxylic acids is 2. The van der Waals surface area contributed by atoms with Crippen LogP contribution < -0.4 is 11.1 Å². The molecule has 0 unspecified atom stereocenters. The van der Waals surface area contributed by atoms with Crippen molar-refractivity contribution in [2.24, 2.45) is 16.6 Å². The summed E-state index contributed by atoms with van der Waals surface area (Å²) in [4.78, 5) is 46.3. The van der Waals surface area contributed by atoms with E-state index in [2.05, 4.69) is 25.7 Å². The number of H-pyrrole nitrogens is 2. The van der Waals surface area contributed by atoms with Crippen LogP contribution in [0.15, 0.2) is 97.1 Å². The lowest BCUT2D eigenvalue weighted by atomic mass is 9.82. The first-order valence-electron chi connectivity index (χ1n) is 22.6. The van der Waals surface area contributed by atoms with Gasteiger partial charge in [0.1, 0.15) is 17.3 Å². The van der Waals surface area contributed by atoms with Gasteiger partial charge < -0.3 is 36.6 Å². The van der Waals surface area contributed by atoms with Gasteiger partial charge in [0.25, 0.3) is 5.91 Å². The van der Waals surface area contributed by atoms with Crippen LogP contribution in [0.1, 0.15) is 110 Å². The maximum Gasteiger partial charge on any atom is 0.356 e. The number of aromatic nitrogens is 4. The van der Waals surface area contributed by atoms with Gasteiger partial charge in [-0.3, -0.25) is 24.6 Å². The van der Waals surface area contributed by atoms with Crippen molar-refractivity contribution in [1.82, 2.24) is 25.7 Å². The molecule has 19 heteroatoms. The molecular weight excluding hydrogens is 962 g/mol. The van der Waals surface area contributed by atoms with Crippen molar-refractivity contribution in [3.05, 3.63) is 153 Å². The second kappa shape index (κ2) is 25.6. The van der Waals surface area contributed by atoms with E-state index in [0.717, 1.165) is 22.5 Å². The van der Waals surface area contributed by atoms with Crippen LogP contribution in [-0.4, -0.2) is 95.0 Å². The number of hydrogen-bond acceptors (Lipinski definition) is 9. The fraction of sp³-hybridized carbons (Fsp3) is 0.346. The maximum absolute atomic E-state index is 14.2. The Morgan fingerprint density at radius 1 is 0.634 bits per heavy atom. The third-order valence-electron chi connectivity index (χ3n) is 11.7. The summed E-state index contributed by atoms with van der Waals surface area (Å²) in [6.07, 6.45) is 0.912. The number of hydrogen-bond donors (Lipinski definition) is 9. The number of rotatable bonds is 19. The molecule has 2 aromatic heterocycles. The molecular formula is C52H60Cl2F2N6O9. The van der Waals surface area contributed by atoms with Gasteiger partial charge >= 0.3 is 17.9 Å². The predicted molar refractivity (Wildman–Crippen MR) is 268 cm³/mol. The van der Waals surface area contributed by atoms with Crippen molar-refractivity contribution in [3.63, 3.8) is 0 Å². The van der Waals surface area contributed by atoms with Crippen LogP contribution in [0.25, 0.3) is 22.3 Å². The Labute approximate surface area is 420 Å². The first kappa shape index (κ1) is 57.1. The number of nitrogens with two attached hydrogens (primary N) is 1. The van der Waals surface area contributed by atoms with E-state index in [-0.39, 0.29) is 41.9 Å². The Kier molecular flexibility index (Phi) is 20.6. The maximum atomic E-state index is 14.2. The van der Waals surface area contributed by atoms with E-state index in [9.17, 15) is 48.4 Å². The van der Waals surface area contributed by atoms with Crippen LogP contribution in [0.5, 0.6) is 0 Å². The molecule has 380 valence electrons. The summed E-state index contributed by atoms with van der Waals surface area (Å²) in [6.45, 7) is 9.74. The minimum Gasteiger partial charge on any atom is -0.481 e. The lowest BCUT2D eigenvalue weighted by Gasteiger charge is -2.28. The molecule has 0 fully saturated rings. The van der Waals surface area contributed by atoms with Gasteiger partial charge in [0.15, 0.2) is 5.69 Å². The monoisotopic (exact) mass is 1020 g/mol. The van der Waals surface area contributed by atoms with Crippen LogP contribution in [0, 0.1) is 22.5 Å². The first-order valence-corrected chi connectivity index (χ1v) is 23.3. The number of carboxylic acid groups (broad SMARTS) is 3. The van der Waals surface area contributed by atoms with Crippen LogP contribution in [0.4, 0.5) is 8.78 Å². The van der Waals surface area contributed by atoms with Crippen LogP contribution in [0.2, 0.25) is 10.0 Å². The molecule has 0 aliphatic rings. The first-order chi connectivity index (χ1) is 33.4. The fourth-order valence-electron chi connectivity index (χ4n) is 7.22. The van der Waals surface area contributed by atoms with Crippen molar-refractivity contribution in [2.45, 2.75) is 91.1 Å². The van der Waals surface area contributed by atoms with Crippen molar-refractivity contribution < 1.29 is 53.5 Å². The second-order valence-electron chi connectivity index (χ2n) is 18.5. The standard InChI is InChI=1S/C26H29ClFN3O4.C19H21ClFNO3.C7H10N2O2/c1-15(2)22-12-23(31-30-22)24(33)29-19(13-26(3,14-32)25(34)35)10-16-4-6-17(7-5-16)20-11-18(27)8-9-21(20)28;1-19(11-23,18(24)25)10-15(22)8-12-2-4-13(5-3-12)16-9-14(20)6-7-17(16)21;1-4(2)5-3-6(7(10)11)9-8-5/h4-9,11-12,15,19,32H,10,13-14H2,1-3H3,(H,29,33)(H,30,31)(H,34,35);2-7,9,15,23H,8,10-11,22H2,1H3,(H,24,25);3-4H,1-2H3,(H,8,9)(H,10,11)/t19-,26+;15-,19+;/m11./s1. The number of nitrogens with one attached hydrogen (secondary N) is 3. The molecule has 0 saturated carbocycles. The third kappa shape index (κ3) is 16.3. The van der Waals surface area contributed by atoms with E-state index in [1.807, 2.05) is 39.8 Å². The van der Waals surface area contributed by atoms with Crippen LogP contribution in [0.3, 0.4) is 0 Å². The molecule has 1 amide bonds. The number of carboxylic acids is 3. The van der Waals surface area contributed by atoms with Gasteiger partial charge in [-0.1, -0.05) is 99.4 Å². The highest BCUT2D eigenvalue weighted by molar-refractivity contribution is 6.31. The molecule has 0 bridgehead atoms. The summed E-state index contributed by atoms with van der Waals surface area (Å²) in [6, 6.07) is 25.2. The number of aliphatic hydroxyl groups excluding tert-OH is 2. The van der Waals surface area contributed by atoms with Crippen LogP contribution >= 0.6 is 23.2 Å². The molecule has 6 aromatic rings. The van der Waals surface area contributed by atoms with Gasteiger partial charge in [0.2, 0.25) is 0 Å². The number of halogens is 4. The number of aromatic carboxylic acids is 1. The zero-order valence-corrected chi connectivity index (χ0v) is 41.7. The van der Waals surface area contributed by atoms with Crippen molar-refractivity contribution in [3.8, 4) is 22.3 Å². The van der Waals surface area contributed by atoms with Crippen molar-refractivity contribution in [1.29, 1.82) is 0 Å². The number of carbonyl (C=O) groups excluding carboxylic acids is 1. The molecule has 2 heterocycles. The normalized spacial score (nSPS) is 13.7. The molecule has 4 atom stereocenters.